The van der Waals surface area contributed by atoms with Gasteiger partial charge in [0.25, 0.3) is 0 Å². The first-order valence-corrected chi connectivity index (χ1v) is 6.13. The Balaban J connectivity index is 1.84. The molecule has 0 radical (unpaired) electrons. The second-order valence-corrected chi connectivity index (χ2v) is 4.59. The van der Waals surface area contributed by atoms with Gasteiger partial charge in [-0.05, 0) is 31.2 Å². The van der Waals surface area contributed by atoms with Crippen molar-refractivity contribution < 1.29 is 14.3 Å². The first-order valence-electron chi connectivity index (χ1n) is 6.13. The third kappa shape index (κ3) is 3.09. The van der Waals surface area contributed by atoms with Gasteiger partial charge in [-0.15, -0.1) is 0 Å². The Kier molecular flexibility index (Phi) is 4.02. The lowest BCUT2D eigenvalue weighted by Crippen LogP contribution is -2.18. The second kappa shape index (κ2) is 5.51. The van der Waals surface area contributed by atoms with Crippen molar-refractivity contribution in [2.75, 3.05) is 6.61 Å². The Labute approximate surface area is 96.4 Å². The van der Waals surface area contributed by atoms with Crippen LogP contribution in [-0.2, 0) is 4.74 Å². The van der Waals surface area contributed by atoms with Crippen LogP contribution in [-0.4, -0.2) is 17.8 Å². The summed E-state index contributed by atoms with van der Waals surface area (Å²) in [7, 11) is 0. The smallest absolute Gasteiger partial charge is 0.0960 e. The largest absolute Gasteiger partial charge is 0.472 e. The molecule has 0 bridgehead atoms. The molecule has 1 N–H and O–H groups in total. The van der Waals surface area contributed by atoms with Crippen LogP contribution < -0.4 is 0 Å². The molecule has 1 saturated carbocycles. The van der Waals surface area contributed by atoms with Crippen molar-refractivity contribution in [3.05, 3.63) is 24.2 Å². The van der Waals surface area contributed by atoms with E-state index >= 15 is 0 Å². The van der Waals surface area contributed by atoms with Gasteiger partial charge in [0.15, 0.2) is 0 Å². The van der Waals surface area contributed by atoms with Crippen molar-refractivity contribution in [2.45, 2.75) is 44.8 Å². The van der Waals surface area contributed by atoms with Crippen molar-refractivity contribution in [1.29, 1.82) is 0 Å². The number of furan rings is 1. The third-order valence-electron chi connectivity index (χ3n) is 3.01. The quantitative estimate of drug-likeness (QED) is 0.774. The molecule has 2 rings (SSSR count). The number of hydrogen-bond acceptors (Lipinski definition) is 3. The summed E-state index contributed by atoms with van der Waals surface area (Å²) in [5.74, 6) is 0.617. The van der Waals surface area contributed by atoms with Crippen LogP contribution >= 0.6 is 0 Å². The Bertz CT molecular complexity index is 290. The lowest BCUT2D eigenvalue weighted by molar-refractivity contribution is -0.0228. The lowest BCUT2D eigenvalue weighted by atomic mass is 10.1. The van der Waals surface area contributed by atoms with Gasteiger partial charge in [0.05, 0.1) is 31.3 Å². The standard InChI is InChI=1S/C13H20O3/c1-2-3-12(14)9-16-13(10-4-5-10)11-6-7-15-8-11/h6-8,10,12-14H,2-5,9H2,1H3/t12-,13?/m1/s1. The van der Waals surface area contributed by atoms with Crippen LogP contribution in [0.3, 0.4) is 0 Å². The van der Waals surface area contributed by atoms with Crippen LogP contribution in [0.5, 0.6) is 0 Å². The van der Waals surface area contributed by atoms with E-state index in [0.29, 0.717) is 12.5 Å². The van der Waals surface area contributed by atoms with Gasteiger partial charge in [-0.2, -0.15) is 0 Å². The van der Waals surface area contributed by atoms with Gasteiger partial charge in [0.1, 0.15) is 0 Å². The molecule has 1 unspecified atom stereocenters. The normalized spacial score (nSPS) is 19.6. The number of aliphatic hydroxyl groups excluding tert-OH is 1. The van der Waals surface area contributed by atoms with Crippen molar-refractivity contribution >= 4 is 0 Å². The van der Waals surface area contributed by atoms with Crippen LogP contribution in [0.1, 0.15) is 44.3 Å². The van der Waals surface area contributed by atoms with Crippen LogP contribution in [0, 0.1) is 5.92 Å². The zero-order chi connectivity index (χ0) is 11.4. The van der Waals surface area contributed by atoms with Gasteiger partial charge in [0, 0.05) is 5.56 Å². The van der Waals surface area contributed by atoms with Gasteiger partial charge in [-0.3, -0.25) is 0 Å². The highest BCUT2D eigenvalue weighted by molar-refractivity contribution is 5.12. The summed E-state index contributed by atoms with van der Waals surface area (Å²) in [4.78, 5) is 0. The number of ether oxygens (including phenoxy) is 1. The summed E-state index contributed by atoms with van der Waals surface area (Å²) in [6.07, 6.45) is 7.45. The van der Waals surface area contributed by atoms with E-state index < -0.39 is 0 Å². The van der Waals surface area contributed by atoms with E-state index in [-0.39, 0.29) is 12.2 Å². The second-order valence-electron chi connectivity index (χ2n) is 4.59. The Hall–Kier alpha value is -0.800. The van der Waals surface area contributed by atoms with Crippen molar-refractivity contribution in [2.24, 2.45) is 5.92 Å². The molecular formula is C13H20O3. The fraction of sp³-hybridized carbons (Fsp3) is 0.692. The zero-order valence-corrected chi connectivity index (χ0v) is 9.76. The molecule has 16 heavy (non-hydrogen) atoms. The predicted molar refractivity (Wildman–Crippen MR) is 61.0 cm³/mol. The summed E-state index contributed by atoms with van der Waals surface area (Å²) in [5, 5.41) is 9.65. The average Bonchev–Trinajstić information content (AvgIpc) is 2.94. The monoisotopic (exact) mass is 224 g/mol. The van der Waals surface area contributed by atoms with Gasteiger partial charge in [-0.25, -0.2) is 0 Å². The minimum Gasteiger partial charge on any atom is -0.472 e. The van der Waals surface area contributed by atoms with E-state index in [1.54, 1.807) is 12.5 Å². The fourth-order valence-corrected chi connectivity index (χ4v) is 1.97. The molecule has 0 aromatic carbocycles. The van der Waals surface area contributed by atoms with Crippen LogP contribution in [0.25, 0.3) is 0 Å². The van der Waals surface area contributed by atoms with Gasteiger partial charge >= 0.3 is 0 Å². The van der Waals surface area contributed by atoms with Crippen molar-refractivity contribution in [1.82, 2.24) is 0 Å². The summed E-state index contributed by atoms with van der Waals surface area (Å²) < 4.78 is 10.9. The average molecular weight is 224 g/mol. The summed E-state index contributed by atoms with van der Waals surface area (Å²) in [6.45, 7) is 2.50. The third-order valence-corrected chi connectivity index (χ3v) is 3.01. The Morgan fingerprint density at radius 1 is 1.56 bits per heavy atom. The Morgan fingerprint density at radius 2 is 2.38 bits per heavy atom. The van der Waals surface area contributed by atoms with Crippen molar-refractivity contribution in [3.8, 4) is 0 Å². The lowest BCUT2D eigenvalue weighted by Gasteiger charge is -2.18. The minimum atomic E-state index is -0.335. The van der Waals surface area contributed by atoms with E-state index in [2.05, 4.69) is 6.92 Å². The summed E-state index contributed by atoms with van der Waals surface area (Å²) >= 11 is 0. The molecule has 2 atom stereocenters. The molecule has 1 fully saturated rings. The molecule has 3 heteroatoms. The number of aliphatic hydroxyl groups is 1. The summed E-state index contributed by atoms with van der Waals surface area (Å²) in [5.41, 5.74) is 1.10. The topological polar surface area (TPSA) is 42.6 Å². The molecule has 0 spiro atoms. The van der Waals surface area contributed by atoms with E-state index in [0.717, 1.165) is 18.4 Å². The van der Waals surface area contributed by atoms with Crippen LogP contribution in [0.2, 0.25) is 0 Å². The molecule has 1 aromatic heterocycles. The number of rotatable bonds is 7. The molecule has 1 aliphatic carbocycles. The molecule has 0 amide bonds. The molecule has 90 valence electrons. The maximum absolute atomic E-state index is 9.65. The van der Waals surface area contributed by atoms with E-state index in [1.165, 1.54) is 12.8 Å². The molecule has 0 aliphatic heterocycles. The maximum Gasteiger partial charge on any atom is 0.0960 e. The highest BCUT2D eigenvalue weighted by Crippen LogP contribution is 2.43. The molecular weight excluding hydrogens is 204 g/mol. The minimum absolute atomic E-state index is 0.116. The van der Waals surface area contributed by atoms with Crippen LogP contribution in [0.4, 0.5) is 0 Å². The highest BCUT2D eigenvalue weighted by atomic mass is 16.5. The van der Waals surface area contributed by atoms with Gasteiger partial charge < -0.3 is 14.3 Å². The zero-order valence-electron chi connectivity index (χ0n) is 9.76. The van der Waals surface area contributed by atoms with E-state index in [4.69, 9.17) is 9.15 Å². The van der Waals surface area contributed by atoms with E-state index in [1.807, 2.05) is 6.07 Å². The first kappa shape index (κ1) is 11.7. The summed E-state index contributed by atoms with van der Waals surface area (Å²) in [6, 6.07) is 1.95. The molecule has 1 aliphatic rings. The number of hydrogen-bond donors (Lipinski definition) is 1. The Morgan fingerprint density at radius 3 is 2.94 bits per heavy atom. The van der Waals surface area contributed by atoms with Gasteiger partial charge in [-0.1, -0.05) is 13.3 Å². The first-order chi connectivity index (χ1) is 7.81. The van der Waals surface area contributed by atoms with E-state index in [9.17, 15) is 5.11 Å². The molecule has 0 saturated heterocycles. The fourth-order valence-electron chi connectivity index (χ4n) is 1.97. The molecule has 1 heterocycles. The molecule has 3 nitrogen and oxygen atoms in total. The molecule has 1 aromatic rings. The van der Waals surface area contributed by atoms with Crippen LogP contribution in [0.15, 0.2) is 23.0 Å². The highest BCUT2D eigenvalue weighted by Gasteiger charge is 2.34. The predicted octanol–water partition coefficient (Wildman–Crippen LogP) is 2.91. The SMILES string of the molecule is CCC[C@@H](O)COC(c1ccoc1)C1CC1. The maximum atomic E-state index is 9.65. The van der Waals surface area contributed by atoms with Gasteiger partial charge in [0.2, 0.25) is 0 Å². The van der Waals surface area contributed by atoms with Crippen molar-refractivity contribution in [3.63, 3.8) is 0 Å².